The largest absolute Gasteiger partial charge is 0.486 e. The van der Waals surface area contributed by atoms with Crippen LogP contribution in [-0.4, -0.2) is 63.1 Å². The molecule has 0 aliphatic carbocycles. The molecule has 0 saturated carbocycles. The van der Waals surface area contributed by atoms with Crippen molar-refractivity contribution in [2.45, 2.75) is 57.0 Å². The number of carboxylic acids is 1. The Kier molecular flexibility index (Phi) is 13.4. The van der Waals surface area contributed by atoms with Crippen molar-refractivity contribution in [2.24, 2.45) is 11.8 Å². The molecule has 286 valence electrons. The zero-order chi connectivity index (χ0) is 39.3. The van der Waals surface area contributed by atoms with Gasteiger partial charge in [-0.3, -0.25) is 33.9 Å². The maximum Gasteiger partial charge on any atom is 0.307 e. The number of Topliss-reactive ketones (excluding diaryl/α,β-unsaturated/α-hetero) is 2. The molecule has 7 rings (SSSR count). The van der Waals surface area contributed by atoms with Crippen molar-refractivity contribution in [1.29, 1.82) is 0 Å². The van der Waals surface area contributed by atoms with E-state index in [4.69, 9.17) is 4.74 Å². The van der Waals surface area contributed by atoms with Gasteiger partial charge in [0.1, 0.15) is 18.4 Å². The van der Waals surface area contributed by atoms with Crippen LogP contribution in [-0.2, 0) is 49.7 Å². The van der Waals surface area contributed by atoms with Crippen LogP contribution >= 0.6 is 0 Å². The number of benzene rings is 3. The number of hydrogen-bond donors (Lipinski definition) is 3. The first kappa shape index (κ1) is 39.2. The zero-order valence-corrected chi connectivity index (χ0v) is 30.9. The van der Waals surface area contributed by atoms with Crippen molar-refractivity contribution in [3.8, 4) is 17.0 Å². The standard InChI is InChI=1S/C45H44N4O7/c50-37-26-35(24-33-9-6-21-46-28-33)43(52)49-41(25-32-11-16-34(17-12-32)39-10-4-5-22-47-39)44(53)48-40(20-15-30-7-2-1-3-8-30)42(51)27-36(45(54)55)23-31-13-18-38(19-14-31)56-29-37/h1-14,16-19,21-22,28,35-36,40-41H,15,20,23-27,29H2,(H,48,53)(H,49,52)(H,54,55)/t35-,36-,40+,41-/m1/s1. The fraction of sp³-hybridized carbons (Fsp3) is 0.267. The molecule has 0 saturated heterocycles. The maximum absolute atomic E-state index is 14.4. The van der Waals surface area contributed by atoms with Crippen molar-refractivity contribution in [3.63, 3.8) is 0 Å². The molecule has 0 unspecified atom stereocenters. The summed E-state index contributed by atoms with van der Waals surface area (Å²) in [6.45, 7) is -0.294. The van der Waals surface area contributed by atoms with Crippen molar-refractivity contribution < 1.29 is 33.8 Å². The Morgan fingerprint density at radius 3 is 2.12 bits per heavy atom. The number of nitrogens with zero attached hydrogens (tertiary/aromatic N) is 2. The highest BCUT2D eigenvalue weighted by Crippen LogP contribution is 2.22. The summed E-state index contributed by atoms with van der Waals surface area (Å²) in [4.78, 5) is 77.0. The van der Waals surface area contributed by atoms with Crippen LogP contribution in [0.15, 0.2) is 128 Å². The van der Waals surface area contributed by atoms with E-state index >= 15 is 0 Å². The molecule has 2 aliphatic heterocycles. The summed E-state index contributed by atoms with van der Waals surface area (Å²) in [5.74, 6) is -4.53. The van der Waals surface area contributed by atoms with Gasteiger partial charge in [-0.15, -0.1) is 0 Å². The molecule has 0 radical (unpaired) electrons. The SMILES string of the molecule is O=C1COc2ccc(cc2)C[C@@H](C(=O)O)CC(=O)[C@H](CCc2ccccc2)NC(=O)[C@@H](Cc2ccc(-c3ccccn3)cc2)NC(=O)[C@H](Cc2cccnc2)C1. The Hall–Kier alpha value is -6.49. The lowest BCUT2D eigenvalue weighted by Gasteiger charge is -2.26. The van der Waals surface area contributed by atoms with E-state index in [0.717, 1.165) is 27.9 Å². The number of nitrogens with one attached hydrogen (secondary N) is 2. The molecule has 3 N–H and O–H groups in total. The van der Waals surface area contributed by atoms with Gasteiger partial charge in [0.15, 0.2) is 11.6 Å². The highest BCUT2D eigenvalue weighted by Gasteiger charge is 2.32. The molecule has 56 heavy (non-hydrogen) atoms. The van der Waals surface area contributed by atoms with E-state index in [2.05, 4.69) is 20.6 Å². The average Bonchev–Trinajstić information content (AvgIpc) is 3.22. The summed E-state index contributed by atoms with van der Waals surface area (Å²) in [5, 5.41) is 16.0. The third-order valence-corrected chi connectivity index (χ3v) is 9.91. The maximum atomic E-state index is 14.4. The van der Waals surface area contributed by atoms with Crippen molar-refractivity contribution in [1.82, 2.24) is 20.6 Å². The van der Waals surface area contributed by atoms with Gasteiger partial charge in [0, 0.05) is 49.3 Å². The smallest absolute Gasteiger partial charge is 0.307 e. The fourth-order valence-corrected chi connectivity index (χ4v) is 6.82. The van der Waals surface area contributed by atoms with Gasteiger partial charge in [-0.25, -0.2) is 0 Å². The molecule has 4 atom stereocenters. The molecule has 2 aliphatic rings. The molecule has 0 spiro atoms. The summed E-state index contributed by atoms with van der Waals surface area (Å²) in [6.07, 6.45) is 5.45. The second kappa shape index (κ2) is 19.2. The first-order chi connectivity index (χ1) is 27.2. The number of pyridine rings is 2. The monoisotopic (exact) mass is 752 g/mol. The Bertz CT molecular complexity index is 2090. The number of carbonyl (C=O) groups excluding carboxylic acids is 4. The second-order valence-corrected chi connectivity index (χ2v) is 14.1. The van der Waals surface area contributed by atoms with Gasteiger partial charge in [-0.1, -0.05) is 78.9 Å². The lowest BCUT2D eigenvalue weighted by Crippen LogP contribution is -2.54. The number of ketones is 2. The van der Waals surface area contributed by atoms with Gasteiger partial charge in [0.2, 0.25) is 11.8 Å². The number of aromatic nitrogens is 2. The minimum atomic E-state index is -1.15. The fourth-order valence-electron chi connectivity index (χ4n) is 6.82. The van der Waals surface area contributed by atoms with Crippen molar-refractivity contribution in [3.05, 3.63) is 150 Å². The topological polar surface area (TPSA) is 165 Å². The zero-order valence-electron chi connectivity index (χ0n) is 30.9. The van der Waals surface area contributed by atoms with Gasteiger partial charge < -0.3 is 20.5 Å². The highest BCUT2D eigenvalue weighted by atomic mass is 16.5. The minimum Gasteiger partial charge on any atom is -0.486 e. The predicted molar refractivity (Wildman–Crippen MR) is 209 cm³/mol. The molecular weight excluding hydrogens is 709 g/mol. The van der Waals surface area contributed by atoms with Crippen molar-refractivity contribution >= 4 is 29.4 Å². The van der Waals surface area contributed by atoms with Crippen LogP contribution in [0.1, 0.15) is 41.5 Å². The molecular formula is C45H44N4O7. The van der Waals surface area contributed by atoms with E-state index < -0.39 is 47.5 Å². The lowest BCUT2D eigenvalue weighted by molar-refractivity contribution is -0.144. The van der Waals surface area contributed by atoms with E-state index in [0.29, 0.717) is 17.7 Å². The minimum absolute atomic E-state index is 0.0715. The molecule has 11 nitrogen and oxygen atoms in total. The summed E-state index contributed by atoms with van der Waals surface area (Å²) < 4.78 is 5.77. The van der Waals surface area contributed by atoms with Gasteiger partial charge in [0.25, 0.3) is 0 Å². The number of aryl methyl sites for hydroxylation is 1. The van der Waals surface area contributed by atoms with Crippen LogP contribution in [0.4, 0.5) is 0 Å². The van der Waals surface area contributed by atoms with E-state index in [1.165, 1.54) is 0 Å². The first-order valence-electron chi connectivity index (χ1n) is 18.7. The van der Waals surface area contributed by atoms with Gasteiger partial charge in [0.05, 0.1) is 17.7 Å². The molecule has 4 heterocycles. The van der Waals surface area contributed by atoms with Crippen LogP contribution in [0.2, 0.25) is 0 Å². The number of aliphatic carboxylic acids is 1. The van der Waals surface area contributed by atoms with Gasteiger partial charge >= 0.3 is 5.97 Å². The Morgan fingerprint density at radius 1 is 0.696 bits per heavy atom. The number of ether oxygens (including phenoxy) is 1. The summed E-state index contributed by atoms with van der Waals surface area (Å²) in [6, 6.07) is 30.7. The predicted octanol–water partition coefficient (Wildman–Crippen LogP) is 5.40. The number of rotatable bonds is 9. The lowest BCUT2D eigenvalue weighted by atomic mass is 9.90. The number of fused-ring (bicyclic) bond motifs is 16. The van der Waals surface area contributed by atoms with E-state index in [1.807, 2.05) is 78.9 Å². The van der Waals surface area contributed by atoms with Crippen LogP contribution in [0.5, 0.6) is 5.75 Å². The second-order valence-electron chi connectivity index (χ2n) is 14.1. The quantitative estimate of drug-likeness (QED) is 0.179. The molecule has 2 amide bonds. The number of hydrogen-bond acceptors (Lipinski definition) is 8. The van der Waals surface area contributed by atoms with Crippen LogP contribution < -0.4 is 15.4 Å². The van der Waals surface area contributed by atoms with Gasteiger partial charge in [-0.2, -0.15) is 0 Å². The van der Waals surface area contributed by atoms with E-state index in [9.17, 15) is 29.1 Å². The summed E-state index contributed by atoms with van der Waals surface area (Å²) >= 11 is 0. The third-order valence-electron chi connectivity index (χ3n) is 9.91. The molecule has 2 bridgehead atoms. The molecule has 2 aromatic heterocycles. The normalized spacial score (nSPS) is 19.8. The van der Waals surface area contributed by atoms with Crippen molar-refractivity contribution in [2.75, 3.05) is 6.61 Å². The Balaban J connectivity index is 1.33. The van der Waals surface area contributed by atoms with E-state index in [-0.39, 0.29) is 50.9 Å². The molecule has 5 aromatic rings. The summed E-state index contributed by atoms with van der Waals surface area (Å²) in [5.41, 5.74) is 4.74. The first-order valence-corrected chi connectivity index (χ1v) is 18.7. The van der Waals surface area contributed by atoms with Crippen LogP contribution in [0, 0.1) is 11.8 Å². The highest BCUT2D eigenvalue weighted by molar-refractivity contribution is 5.95. The van der Waals surface area contributed by atoms with Gasteiger partial charge in [-0.05, 0) is 78.3 Å². The Labute approximate surface area is 325 Å². The molecule has 3 aromatic carbocycles. The third kappa shape index (κ3) is 11.3. The number of carbonyl (C=O) groups is 5. The Morgan fingerprint density at radius 2 is 1.43 bits per heavy atom. The van der Waals surface area contributed by atoms with Crippen LogP contribution in [0.25, 0.3) is 11.3 Å². The molecule has 11 heteroatoms. The number of carboxylic acid groups (broad SMARTS) is 1. The number of amides is 2. The average molecular weight is 753 g/mol. The summed E-state index contributed by atoms with van der Waals surface area (Å²) in [7, 11) is 0. The molecule has 0 fully saturated rings. The van der Waals surface area contributed by atoms with Crippen LogP contribution in [0.3, 0.4) is 0 Å². The van der Waals surface area contributed by atoms with E-state index in [1.54, 1.807) is 48.9 Å².